The third-order valence-corrected chi connectivity index (χ3v) is 3.80. The first kappa shape index (κ1) is 17.4. The monoisotopic (exact) mass is 348 g/mol. The highest BCUT2D eigenvalue weighted by atomic mass is 16.4. The number of para-hydroxylation sites is 2. The second kappa shape index (κ2) is 8.11. The fourth-order valence-electron chi connectivity index (χ4n) is 2.49. The van der Waals surface area contributed by atoms with E-state index in [0.717, 1.165) is 29.9 Å². The van der Waals surface area contributed by atoms with Gasteiger partial charge in [0.1, 0.15) is 11.4 Å². The van der Waals surface area contributed by atoms with Crippen LogP contribution in [-0.2, 0) is 0 Å². The fourth-order valence-corrected chi connectivity index (χ4v) is 2.49. The Morgan fingerprint density at radius 1 is 1.04 bits per heavy atom. The molecule has 0 saturated carbocycles. The molecule has 3 N–H and O–H groups in total. The molecule has 132 valence electrons. The van der Waals surface area contributed by atoms with Crippen molar-refractivity contribution >= 4 is 23.2 Å². The van der Waals surface area contributed by atoms with Gasteiger partial charge in [0.25, 0.3) is 0 Å². The van der Waals surface area contributed by atoms with Gasteiger partial charge in [-0.15, -0.1) is 0 Å². The summed E-state index contributed by atoms with van der Waals surface area (Å²) >= 11 is 0. The van der Waals surface area contributed by atoms with Gasteiger partial charge in [-0.25, -0.2) is 14.8 Å². The SMILES string of the molecule is CCCNc1ccccc1Nc1nc(-c2ccccc2)ncc1C(=O)O. The third-order valence-electron chi connectivity index (χ3n) is 3.80. The lowest BCUT2D eigenvalue weighted by Crippen LogP contribution is -2.09. The number of carbonyl (C=O) groups is 1. The number of benzene rings is 2. The van der Waals surface area contributed by atoms with Crippen LogP contribution < -0.4 is 10.6 Å². The molecule has 26 heavy (non-hydrogen) atoms. The molecule has 0 bridgehead atoms. The predicted octanol–water partition coefficient (Wildman–Crippen LogP) is 4.41. The normalized spacial score (nSPS) is 10.3. The Balaban J connectivity index is 1.99. The zero-order valence-electron chi connectivity index (χ0n) is 14.4. The van der Waals surface area contributed by atoms with Crippen LogP contribution in [-0.4, -0.2) is 27.6 Å². The number of nitrogens with zero attached hydrogens (tertiary/aromatic N) is 2. The molecule has 2 aromatic carbocycles. The first-order valence-electron chi connectivity index (χ1n) is 8.44. The highest BCUT2D eigenvalue weighted by Crippen LogP contribution is 2.27. The van der Waals surface area contributed by atoms with Crippen LogP contribution in [0.1, 0.15) is 23.7 Å². The number of hydrogen-bond donors (Lipinski definition) is 3. The van der Waals surface area contributed by atoms with Crippen molar-refractivity contribution in [2.75, 3.05) is 17.2 Å². The number of aromatic nitrogens is 2. The molecule has 0 radical (unpaired) electrons. The summed E-state index contributed by atoms with van der Waals surface area (Å²) in [5.74, 6) is -0.347. The Labute approximate surface area is 152 Å². The fraction of sp³-hybridized carbons (Fsp3) is 0.150. The highest BCUT2D eigenvalue weighted by molar-refractivity contribution is 5.94. The maximum absolute atomic E-state index is 11.6. The minimum Gasteiger partial charge on any atom is -0.477 e. The molecule has 0 saturated heterocycles. The quantitative estimate of drug-likeness (QED) is 0.586. The maximum atomic E-state index is 11.6. The van der Waals surface area contributed by atoms with Gasteiger partial charge in [0.2, 0.25) is 0 Å². The van der Waals surface area contributed by atoms with Crippen LogP contribution in [0.5, 0.6) is 0 Å². The van der Waals surface area contributed by atoms with Crippen LogP contribution in [0.2, 0.25) is 0 Å². The first-order chi connectivity index (χ1) is 12.7. The van der Waals surface area contributed by atoms with E-state index in [4.69, 9.17) is 0 Å². The number of carboxylic acids is 1. The molecule has 0 aliphatic heterocycles. The molecule has 1 aromatic heterocycles. The topological polar surface area (TPSA) is 87.1 Å². The second-order valence-electron chi connectivity index (χ2n) is 5.72. The maximum Gasteiger partial charge on any atom is 0.341 e. The van der Waals surface area contributed by atoms with E-state index >= 15 is 0 Å². The molecule has 3 rings (SSSR count). The molecule has 6 nitrogen and oxygen atoms in total. The molecule has 0 fully saturated rings. The molecular weight excluding hydrogens is 328 g/mol. The Hall–Kier alpha value is -3.41. The summed E-state index contributed by atoms with van der Waals surface area (Å²) in [5, 5.41) is 16.0. The molecule has 3 aromatic rings. The van der Waals surface area contributed by atoms with Crippen LogP contribution in [0.15, 0.2) is 60.8 Å². The zero-order chi connectivity index (χ0) is 18.4. The number of carboxylic acid groups (broad SMARTS) is 1. The van der Waals surface area contributed by atoms with Gasteiger partial charge in [-0.2, -0.15) is 0 Å². The smallest absolute Gasteiger partial charge is 0.341 e. The molecule has 1 heterocycles. The minimum absolute atomic E-state index is 0.0231. The van der Waals surface area contributed by atoms with Gasteiger partial charge in [0.05, 0.1) is 11.4 Å². The van der Waals surface area contributed by atoms with Crippen molar-refractivity contribution in [1.29, 1.82) is 0 Å². The van der Waals surface area contributed by atoms with Crippen molar-refractivity contribution in [3.63, 3.8) is 0 Å². The summed E-state index contributed by atoms with van der Waals surface area (Å²) in [5.41, 5.74) is 2.51. The summed E-state index contributed by atoms with van der Waals surface area (Å²) < 4.78 is 0. The molecule has 0 spiro atoms. The average Bonchev–Trinajstić information content (AvgIpc) is 2.68. The van der Waals surface area contributed by atoms with Crippen molar-refractivity contribution < 1.29 is 9.90 Å². The lowest BCUT2D eigenvalue weighted by atomic mass is 10.2. The number of anilines is 3. The minimum atomic E-state index is -1.08. The van der Waals surface area contributed by atoms with Crippen molar-refractivity contribution in [3.8, 4) is 11.4 Å². The molecule has 0 aliphatic carbocycles. The molecule has 0 unspecified atom stereocenters. The van der Waals surface area contributed by atoms with E-state index in [1.165, 1.54) is 6.20 Å². The number of nitrogens with one attached hydrogen (secondary N) is 2. The Morgan fingerprint density at radius 2 is 1.73 bits per heavy atom. The van der Waals surface area contributed by atoms with Gasteiger partial charge >= 0.3 is 5.97 Å². The van der Waals surface area contributed by atoms with E-state index in [1.54, 1.807) is 0 Å². The predicted molar refractivity (Wildman–Crippen MR) is 103 cm³/mol. The van der Waals surface area contributed by atoms with Gasteiger partial charge in [-0.1, -0.05) is 49.4 Å². The van der Waals surface area contributed by atoms with Crippen LogP contribution in [0.4, 0.5) is 17.2 Å². The molecular formula is C20H20N4O2. The van der Waals surface area contributed by atoms with Crippen LogP contribution >= 0.6 is 0 Å². The van der Waals surface area contributed by atoms with Gasteiger partial charge in [-0.05, 0) is 18.6 Å². The van der Waals surface area contributed by atoms with E-state index in [2.05, 4.69) is 27.5 Å². The van der Waals surface area contributed by atoms with Crippen molar-refractivity contribution in [2.45, 2.75) is 13.3 Å². The lowest BCUT2D eigenvalue weighted by Gasteiger charge is -2.14. The summed E-state index contributed by atoms with van der Waals surface area (Å²) in [7, 11) is 0. The van der Waals surface area contributed by atoms with Gasteiger partial charge in [0, 0.05) is 18.3 Å². The van der Waals surface area contributed by atoms with Gasteiger partial charge in [0.15, 0.2) is 5.82 Å². The Kier molecular flexibility index (Phi) is 5.43. The molecule has 0 aliphatic rings. The van der Waals surface area contributed by atoms with Crippen molar-refractivity contribution in [2.24, 2.45) is 0 Å². The number of rotatable bonds is 7. The second-order valence-corrected chi connectivity index (χ2v) is 5.72. The lowest BCUT2D eigenvalue weighted by molar-refractivity contribution is 0.0697. The highest BCUT2D eigenvalue weighted by Gasteiger charge is 2.15. The van der Waals surface area contributed by atoms with Crippen LogP contribution in [0, 0.1) is 0 Å². The van der Waals surface area contributed by atoms with Crippen molar-refractivity contribution in [1.82, 2.24) is 9.97 Å². The Morgan fingerprint density at radius 3 is 2.42 bits per heavy atom. The van der Waals surface area contributed by atoms with E-state index in [9.17, 15) is 9.90 Å². The summed E-state index contributed by atoms with van der Waals surface area (Å²) in [6, 6.07) is 17.1. The van der Waals surface area contributed by atoms with E-state index in [-0.39, 0.29) is 11.4 Å². The van der Waals surface area contributed by atoms with E-state index in [1.807, 2.05) is 54.6 Å². The Bertz CT molecular complexity index is 897. The van der Waals surface area contributed by atoms with Gasteiger partial charge in [-0.3, -0.25) is 0 Å². The number of aromatic carboxylic acids is 1. The molecule has 0 amide bonds. The molecule has 6 heteroatoms. The van der Waals surface area contributed by atoms with Crippen molar-refractivity contribution in [3.05, 3.63) is 66.4 Å². The van der Waals surface area contributed by atoms with Gasteiger partial charge < -0.3 is 15.7 Å². The number of hydrogen-bond acceptors (Lipinski definition) is 5. The first-order valence-corrected chi connectivity index (χ1v) is 8.44. The zero-order valence-corrected chi connectivity index (χ0v) is 14.4. The third kappa shape index (κ3) is 3.97. The van der Waals surface area contributed by atoms with E-state index in [0.29, 0.717) is 5.82 Å². The average molecular weight is 348 g/mol. The summed E-state index contributed by atoms with van der Waals surface area (Å²) in [4.78, 5) is 20.2. The standard InChI is InChI=1S/C20H20N4O2/c1-2-12-21-16-10-6-7-11-17(16)23-19-15(20(25)26)13-22-18(24-19)14-8-4-3-5-9-14/h3-11,13,21H,2,12H2,1H3,(H,25,26)(H,22,23,24). The summed E-state index contributed by atoms with van der Waals surface area (Å²) in [6.45, 7) is 2.91. The van der Waals surface area contributed by atoms with Crippen LogP contribution in [0.25, 0.3) is 11.4 Å². The van der Waals surface area contributed by atoms with Crippen LogP contribution in [0.3, 0.4) is 0 Å². The summed E-state index contributed by atoms with van der Waals surface area (Å²) in [6.07, 6.45) is 2.32. The van der Waals surface area contributed by atoms with E-state index < -0.39 is 5.97 Å². The molecule has 0 atom stereocenters. The largest absolute Gasteiger partial charge is 0.477 e.